The van der Waals surface area contributed by atoms with E-state index in [2.05, 4.69) is 23.3 Å². The van der Waals surface area contributed by atoms with Crippen molar-refractivity contribution in [1.82, 2.24) is 19.1 Å². The first-order valence-electron chi connectivity index (χ1n) is 12.0. The third-order valence-electron chi connectivity index (χ3n) is 6.73. The van der Waals surface area contributed by atoms with Crippen molar-refractivity contribution in [3.63, 3.8) is 0 Å². The highest BCUT2D eigenvalue weighted by Crippen LogP contribution is 2.24. The molecule has 33 heavy (non-hydrogen) atoms. The zero-order chi connectivity index (χ0) is 24.0. The summed E-state index contributed by atoms with van der Waals surface area (Å²) in [5.74, 6) is -0.283. The first-order valence-corrected chi connectivity index (χ1v) is 13.4. The molecular formula is C25H38N4O3S. The van der Waals surface area contributed by atoms with E-state index in [1.54, 1.807) is 25.5 Å². The number of amides is 1. The Hall–Kier alpha value is -2.16. The Morgan fingerprint density at radius 3 is 2.36 bits per heavy atom. The minimum absolute atomic E-state index is 0.147. The maximum Gasteiger partial charge on any atom is 0.268 e. The van der Waals surface area contributed by atoms with Gasteiger partial charge in [-0.15, -0.1) is 0 Å². The minimum atomic E-state index is -3.61. The lowest BCUT2D eigenvalue weighted by Gasteiger charge is -2.31. The zero-order valence-electron chi connectivity index (χ0n) is 20.4. The molecule has 1 aliphatic carbocycles. The maximum absolute atomic E-state index is 12.9. The van der Waals surface area contributed by atoms with Crippen molar-refractivity contribution in [3.05, 3.63) is 53.3 Å². The number of rotatable bonds is 10. The van der Waals surface area contributed by atoms with Crippen LogP contribution in [0, 0.1) is 0 Å². The van der Waals surface area contributed by atoms with E-state index in [0.29, 0.717) is 31.4 Å². The first-order chi connectivity index (χ1) is 15.8. The molecule has 1 heterocycles. The second-order valence-electron chi connectivity index (χ2n) is 8.92. The monoisotopic (exact) mass is 474 g/mol. The van der Waals surface area contributed by atoms with Crippen LogP contribution in [0.4, 0.5) is 0 Å². The Balaban J connectivity index is 1.69. The van der Waals surface area contributed by atoms with Crippen molar-refractivity contribution in [2.45, 2.75) is 70.0 Å². The molecule has 1 aromatic heterocycles. The highest BCUT2D eigenvalue weighted by atomic mass is 32.2. The lowest BCUT2D eigenvalue weighted by Crippen LogP contribution is -2.33. The molecule has 1 aromatic carbocycles. The van der Waals surface area contributed by atoms with Crippen LogP contribution in [0.25, 0.3) is 0 Å². The van der Waals surface area contributed by atoms with Crippen LogP contribution >= 0.6 is 0 Å². The molecule has 0 unspecified atom stereocenters. The molecule has 0 bridgehead atoms. The smallest absolute Gasteiger partial charge is 0.268 e. The highest BCUT2D eigenvalue weighted by molar-refractivity contribution is 7.89. The molecule has 1 aliphatic rings. The number of carbonyl (C=O) groups excluding carboxylic acids is 1. The van der Waals surface area contributed by atoms with Gasteiger partial charge in [-0.05, 0) is 37.1 Å². The Bertz CT molecular complexity index is 1040. The third-order valence-corrected chi connectivity index (χ3v) is 8.75. The summed E-state index contributed by atoms with van der Waals surface area (Å²) in [7, 11) is 0.278. The molecule has 1 fully saturated rings. The first kappa shape index (κ1) is 25.5. The predicted octanol–water partition coefficient (Wildman–Crippen LogP) is 3.75. The van der Waals surface area contributed by atoms with Crippen molar-refractivity contribution in [2.24, 2.45) is 7.05 Å². The van der Waals surface area contributed by atoms with Gasteiger partial charge in [-0.3, -0.25) is 9.69 Å². The Morgan fingerprint density at radius 2 is 1.73 bits per heavy atom. The summed E-state index contributed by atoms with van der Waals surface area (Å²) in [6.45, 7) is 5.65. The summed E-state index contributed by atoms with van der Waals surface area (Å²) in [5, 5.41) is 2.98. The van der Waals surface area contributed by atoms with Crippen LogP contribution in [0.1, 0.15) is 67.6 Å². The highest BCUT2D eigenvalue weighted by Gasteiger charge is 2.25. The van der Waals surface area contributed by atoms with Gasteiger partial charge in [0, 0.05) is 45.5 Å². The van der Waals surface area contributed by atoms with E-state index in [9.17, 15) is 13.2 Å². The fourth-order valence-corrected chi connectivity index (χ4v) is 6.21. The largest absolute Gasteiger partial charge is 0.347 e. The number of sulfonamides is 1. The molecule has 1 N–H and O–H groups in total. The molecule has 0 radical (unpaired) electrons. The second kappa shape index (κ2) is 11.3. The topological polar surface area (TPSA) is 74.7 Å². The van der Waals surface area contributed by atoms with Crippen molar-refractivity contribution in [3.8, 4) is 0 Å². The van der Waals surface area contributed by atoms with Crippen molar-refractivity contribution < 1.29 is 13.2 Å². The number of carbonyl (C=O) groups is 1. The normalized spacial score (nSPS) is 15.3. The van der Waals surface area contributed by atoms with E-state index in [1.165, 1.54) is 54.2 Å². The zero-order valence-corrected chi connectivity index (χ0v) is 21.2. The van der Waals surface area contributed by atoms with Gasteiger partial charge >= 0.3 is 0 Å². The second-order valence-corrected chi connectivity index (χ2v) is 10.9. The SMILES string of the molecule is CCN(CC)S(=O)(=O)c1cc(C(=O)NCc2ccccc2CN(C)C2CCCCC2)n(C)c1. The molecule has 1 saturated carbocycles. The van der Waals surface area contributed by atoms with E-state index < -0.39 is 10.0 Å². The minimum Gasteiger partial charge on any atom is -0.347 e. The quantitative estimate of drug-likeness (QED) is 0.569. The molecule has 2 aromatic rings. The van der Waals surface area contributed by atoms with Gasteiger partial charge in [-0.25, -0.2) is 8.42 Å². The molecule has 1 amide bonds. The van der Waals surface area contributed by atoms with Crippen LogP contribution in [0.5, 0.6) is 0 Å². The molecular weight excluding hydrogens is 436 g/mol. The van der Waals surface area contributed by atoms with Crippen molar-refractivity contribution >= 4 is 15.9 Å². The lowest BCUT2D eigenvalue weighted by molar-refractivity contribution is 0.0942. The van der Waals surface area contributed by atoms with Crippen LogP contribution < -0.4 is 5.32 Å². The van der Waals surface area contributed by atoms with E-state index in [4.69, 9.17) is 0 Å². The number of hydrogen-bond acceptors (Lipinski definition) is 4. The van der Waals surface area contributed by atoms with Crippen LogP contribution in [-0.4, -0.2) is 54.3 Å². The molecule has 182 valence electrons. The van der Waals surface area contributed by atoms with Gasteiger partial charge in [-0.2, -0.15) is 4.31 Å². The molecule has 7 nitrogen and oxygen atoms in total. The van der Waals surface area contributed by atoms with Crippen molar-refractivity contribution in [2.75, 3.05) is 20.1 Å². The number of benzene rings is 1. The fourth-order valence-electron chi connectivity index (χ4n) is 4.68. The summed E-state index contributed by atoms with van der Waals surface area (Å²) in [6.07, 6.45) is 7.95. The van der Waals surface area contributed by atoms with Gasteiger partial charge in [0.25, 0.3) is 5.91 Å². The van der Waals surface area contributed by atoms with Crippen LogP contribution in [0.2, 0.25) is 0 Å². The Kier molecular flexibility index (Phi) is 8.73. The van der Waals surface area contributed by atoms with Crippen molar-refractivity contribution in [1.29, 1.82) is 0 Å². The fraction of sp³-hybridized carbons (Fsp3) is 0.560. The molecule has 8 heteroatoms. The van der Waals surface area contributed by atoms with Gasteiger partial charge in [0.15, 0.2) is 0 Å². The summed E-state index contributed by atoms with van der Waals surface area (Å²) in [4.78, 5) is 15.5. The average molecular weight is 475 g/mol. The summed E-state index contributed by atoms with van der Waals surface area (Å²) in [5.41, 5.74) is 2.62. The molecule has 0 saturated heterocycles. The molecule has 0 aliphatic heterocycles. The predicted molar refractivity (Wildman–Crippen MR) is 131 cm³/mol. The van der Waals surface area contributed by atoms with E-state index >= 15 is 0 Å². The van der Waals surface area contributed by atoms with Gasteiger partial charge in [0.1, 0.15) is 10.6 Å². The Labute approximate surface area is 198 Å². The van der Waals surface area contributed by atoms with Gasteiger partial charge in [0.2, 0.25) is 10.0 Å². The lowest BCUT2D eigenvalue weighted by atomic mass is 9.94. The maximum atomic E-state index is 12.9. The van der Waals surface area contributed by atoms with Gasteiger partial charge in [0.05, 0.1) is 0 Å². The van der Waals surface area contributed by atoms with Gasteiger partial charge in [-0.1, -0.05) is 57.4 Å². The van der Waals surface area contributed by atoms with Crippen LogP contribution in [0.3, 0.4) is 0 Å². The molecule has 0 atom stereocenters. The van der Waals surface area contributed by atoms with Crippen LogP contribution in [0.15, 0.2) is 41.4 Å². The Morgan fingerprint density at radius 1 is 1.09 bits per heavy atom. The van der Waals surface area contributed by atoms with E-state index in [-0.39, 0.29) is 10.8 Å². The van der Waals surface area contributed by atoms with Crippen LogP contribution in [-0.2, 0) is 30.2 Å². The summed E-state index contributed by atoms with van der Waals surface area (Å²) in [6, 6.07) is 10.3. The molecule has 0 spiro atoms. The number of nitrogens with zero attached hydrogens (tertiary/aromatic N) is 3. The van der Waals surface area contributed by atoms with E-state index in [0.717, 1.165) is 12.1 Å². The van der Waals surface area contributed by atoms with Gasteiger partial charge < -0.3 is 9.88 Å². The molecule has 3 rings (SSSR count). The van der Waals surface area contributed by atoms with E-state index in [1.807, 2.05) is 18.2 Å². The summed E-state index contributed by atoms with van der Waals surface area (Å²) >= 11 is 0. The average Bonchev–Trinajstić information content (AvgIpc) is 3.22. The number of hydrogen-bond donors (Lipinski definition) is 1. The number of nitrogens with one attached hydrogen (secondary N) is 1. The number of aromatic nitrogens is 1. The standard InChI is InChI=1S/C25H38N4O3S/c1-5-29(6-2)33(31,32)23-16-24(28(4)19-23)25(30)26-17-20-12-10-11-13-21(20)18-27(3)22-14-8-7-9-15-22/h10-13,16,19,22H,5-9,14-15,17-18H2,1-4H3,(H,26,30). The summed E-state index contributed by atoms with van der Waals surface area (Å²) < 4.78 is 28.6. The number of aryl methyl sites for hydroxylation is 1. The third kappa shape index (κ3) is 6.05.